The summed E-state index contributed by atoms with van der Waals surface area (Å²) in [6, 6.07) is 6.62. The molecule has 1 heterocycles. The number of amides is 1. The quantitative estimate of drug-likeness (QED) is 0.869. The fourth-order valence-electron chi connectivity index (χ4n) is 2.49. The zero-order valence-electron chi connectivity index (χ0n) is 12.1. The van der Waals surface area contributed by atoms with Crippen molar-refractivity contribution in [3.8, 4) is 0 Å². The summed E-state index contributed by atoms with van der Waals surface area (Å²) in [5.74, 6) is 0.736. The highest BCUT2D eigenvalue weighted by Gasteiger charge is 2.27. The highest BCUT2D eigenvalue weighted by Crippen LogP contribution is 2.25. The number of thioether (sulfide) groups is 1. The Labute approximate surface area is 131 Å². The number of halogens is 1. The van der Waals surface area contributed by atoms with Gasteiger partial charge in [-0.15, -0.1) is 24.2 Å². The van der Waals surface area contributed by atoms with Gasteiger partial charge in [0.1, 0.15) is 0 Å². The standard InChI is InChI=1S/C15H22N2OS.ClH/c1-11-5-6-12(2)14(8-11)19-10-15(18)17-7-3-4-13(17)9-16;/h5-6,8,13H,3-4,7,9-10,16H2,1-2H3;1H. The van der Waals surface area contributed by atoms with Gasteiger partial charge in [0.25, 0.3) is 0 Å². The molecule has 1 aromatic rings. The number of aryl methyl sites for hydroxylation is 2. The second-order valence-corrected chi connectivity index (χ2v) is 6.19. The summed E-state index contributed by atoms with van der Waals surface area (Å²) < 4.78 is 0. The summed E-state index contributed by atoms with van der Waals surface area (Å²) in [7, 11) is 0. The van der Waals surface area contributed by atoms with Gasteiger partial charge in [0.05, 0.1) is 5.75 Å². The third-order valence-corrected chi connectivity index (χ3v) is 4.81. The molecule has 0 bridgehead atoms. The van der Waals surface area contributed by atoms with Crippen molar-refractivity contribution >= 4 is 30.1 Å². The molecule has 1 unspecified atom stereocenters. The Balaban J connectivity index is 0.00000200. The van der Waals surface area contributed by atoms with E-state index >= 15 is 0 Å². The number of likely N-dealkylation sites (tertiary alicyclic amines) is 1. The molecule has 1 amide bonds. The third kappa shape index (κ3) is 4.14. The van der Waals surface area contributed by atoms with E-state index in [1.54, 1.807) is 11.8 Å². The van der Waals surface area contributed by atoms with E-state index < -0.39 is 0 Å². The first kappa shape index (κ1) is 17.3. The number of hydrogen-bond acceptors (Lipinski definition) is 3. The van der Waals surface area contributed by atoms with Crippen LogP contribution in [-0.4, -0.2) is 35.7 Å². The van der Waals surface area contributed by atoms with Crippen LogP contribution in [0.4, 0.5) is 0 Å². The lowest BCUT2D eigenvalue weighted by atomic mass is 10.2. The lowest BCUT2D eigenvalue weighted by Crippen LogP contribution is -2.40. The van der Waals surface area contributed by atoms with Gasteiger partial charge in [0.2, 0.25) is 5.91 Å². The largest absolute Gasteiger partial charge is 0.338 e. The first-order valence-corrected chi connectivity index (χ1v) is 7.80. The van der Waals surface area contributed by atoms with E-state index in [0.717, 1.165) is 19.4 Å². The highest BCUT2D eigenvalue weighted by atomic mass is 35.5. The maximum Gasteiger partial charge on any atom is 0.233 e. The number of carbonyl (C=O) groups excluding carboxylic acids is 1. The van der Waals surface area contributed by atoms with E-state index in [1.165, 1.54) is 16.0 Å². The summed E-state index contributed by atoms with van der Waals surface area (Å²) in [6.07, 6.45) is 2.14. The number of carbonyl (C=O) groups is 1. The van der Waals surface area contributed by atoms with Crippen LogP contribution in [0, 0.1) is 13.8 Å². The van der Waals surface area contributed by atoms with Gasteiger partial charge in [-0.25, -0.2) is 0 Å². The first-order chi connectivity index (χ1) is 9.11. The molecule has 0 radical (unpaired) electrons. The van der Waals surface area contributed by atoms with Crippen LogP contribution in [0.5, 0.6) is 0 Å². The minimum atomic E-state index is 0. The molecule has 20 heavy (non-hydrogen) atoms. The minimum Gasteiger partial charge on any atom is -0.338 e. The molecule has 0 spiro atoms. The average molecular weight is 315 g/mol. The van der Waals surface area contributed by atoms with Crippen molar-refractivity contribution in [2.75, 3.05) is 18.8 Å². The lowest BCUT2D eigenvalue weighted by Gasteiger charge is -2.23. The molecule has 2 N–H and O–H groups in total. The van der Waals surface area contributed by atoms with Crippen molar-refractivity contribution in [1.82, 2.24) is 4.90 Å². The summed E-state index contributed by atoms with van der Waals surface area (Å²) in [5, 5.41) is 0. The SMILES string of the molecule is Cc1ccc(C)c(SCC(=O)N2CCCC2CN)c1.Cl. The Bertz CT molecular complexity index is 467. The van der Waals surface area contributed by atoms with Crippen molar-refractivity contribution in [3.05, 3.63) is 29.3 Å². The van der Waals surface area contributed by atoms with Crippen molar-refractivity contribution in [3.63, 3.8) is 0 Å². The summed E-state index contributed by atoms with van der Waals surface area (Å²) in [4.78, 5) is 15.4. The minimum absolute atomic E-state index is 0. The third-order valence-electron chi connectivity index (χ3n) is 3.66. The van der Waals surface area contributed by atoms with Crippen molar-refractivity contribution < 1.29 is 4.79 Å². The second kappa shape index (κ2) is 7.91. The van der Waals surface area contributed by atoms with E-state index in [2.05, 4.69) is 32.0 Å². The van der Waals surface area contributed by atoms with Gasteiger partial charge in [-0.1, -0.05) is 17.7 Å². The maximum atomic E-state index is 12.2. The second-order valence-electron chi connectivity index (χ2n) is 5.18. The molecule has 1 aromatic carbocycles. The Morgan fingerprint density at radius 1 is 1.45 bits per heavy atom. The molecule has 1 atom stereocenters. The van der Waals surface area contributed by atoms with E-state index in [1.807, 2.05) is 4.90 Å². The Morgan fingerprint density at radius 3 is 2.90 bits per heavy atom. The topological polar surface area (TPSA) is 46.3 Å². The lowest BCUT2D eigenvalue weighted by molar-refractivity contribution is -0.128. The number of nitrogens with zero attached hydrogens (tertiary/aromatic N) is 1. The van der Waals surface area contributed by atoms with E-state index in [-0.39, 0.29) is 24.4 Å². The van der Waals surface area contributed by atoms with Crippen LogP contribution in [-0.2, 0) is 4.79 Å². The average Bonchev–Trinajstić information content (AvgIpc) is 2.88. The zero-order chi connectivity index (χ0) is 13.8. The maximum absolute atomic E-state index is 12.2. The van der Waals surface area contributed by atoms with Gasteiger partial charge in [0, 0.05) is 24.0 Å². The van der Waals surface area contributed by atoms with Crippen LogP contribution >= 0.6 is 24.2 Å². The Kier molecular flexibility index (Phi) is 6.86. The summed E-state index contributed by atoms with van der Waals surface area (Å²) in [5.41, 5.74) is 8.19. The van der Waals surface area contributed by atoms with Crippen LogP contribution in [0.25, 0.3) is 0 Å². The van der Waals surface area contributed by atoms with Crippen LogP contribution in [0.1, 0.15) is 24.0 Å². The van der Waals surface area contributed by atoms with E-state index in [9.17, 15) is 4.79 Å². The molecular weight excluding hydrogens is 292 g/mol. The smallest absolute Gasteiger partial charge is 0.233 e. The molecule has 1 fully saturated rings. The van der Waals surface area contributed by atoms with Crippen LogP contribution in [0.2, 0.25) is 0 Å². The van der Waals surface area contributed by atoms with Crippen molar-refractivity contribution in [1.29, 1.82) is 0 Å². The van der Waals surface area contributed by atoms with Crippen molar-refractivity contribution in [2.24, 2.45) is 5.73 Å². The monoisotopic (exact) mass is 314 g/mol. The molecule has 112 valence electrons. The Morgan fingerprint density at radius 2 is 2.20 bits per heavy atom. The molecule has 3 nitrogen and oxygen atoms in total. The number of rotatable bonds is 4. The molecule has 0 saturated carbocycles. The molecule has 1 aliphatic rings. The van der Waals surface area contributed by atoms with Crippen LogP contribution < -0.4 is 5.73 Å². The molecule has 1 saturated heterocycles. The van der Waals surface area contributed by atoms with Gasteiger partial charge in [-0.2, -0.15) is 0 Å². The fraction of sp³-hybridized carbons (Fsp3) is 0.533. The molecule has 0 aromatic heterocycles. The highest BCUT2D eigenvalue weighted by molar-refractivity contribution is 8.00. The van der Waals surface area contributed by atoms with Gasteiger partial charge >= 0.3 is 0 Å². The zero-order valence-corrected chi connectivity index (χ0v) is 13.7. The molecule has 2 rings (SSSR count). The van der Waals surface area contributed by atoms with E-state index in [4.69, 9.17) is 5.73 Å². The number of benzene rings is 1. The van der Waals surface area contributed by atoms with Gasteiger partial charge in [0.15, 0.2) is 0 Å². The summed E-state index contributed by atoms with van der Waals surface area (Å²) >= 11 is 1.64. The molecule has 0 aliphatic carbocycles. The summed E-state index contributed by atoms with van der Waals surface area (Å²) in [6.45, 7) is 5.62. The number of hydrogen-bond donors (Lipinski definition) is 1. The molecule has 1 aliphatic heterocycles. The Hall–Kier alpha value is -0.710. The normalized spacial score (nSPS) is 17.9. The first-order valence-electron chi connectivity index (χ1n) is 6.81. The number of nitrogens with two attached hydrogens (primary N) is 1. The van der Waals surface area contributed by atoms with Crippen LogP contribution in [0.3, 0.4) is 0 Å². The van der Waals surface area contributed by atoms with E-state index in [0.29, 0.717) is 12.3 Å². The predicted octanol–water partition coefficient (Wildman–Crippen LogP) is 2.77. The molecule has 5 heteroatoms. The van der Waals surface area contributed by atoms with Crippen LogP contribution in [0.15, 0.2) is 23.1 Å². The van der Waals surface area contributed by atoms with Gasteiger partial charge in [-0.3, -0.25) is 4.79 Å². The predicted molar refractivity (Wildman–Crippen MR) is 87.7 cm³/mol. The van der Waals surface area contributed by atoms with Crippen molar-refractivity contribution in [2.45, 2.75) is 37.6 Å². The fourth-order valence-corrected chi connectivity index (χ4v) is 3.50. The van der Waals surface area contributed by atoms with Gasteiger partial charge < -0.3 is 10.6 Å². The van der Waals surface area contributed by atoms with Gasteiger partial charge in [-0.05, 0) is 38.3 Å². The molecular formula is C15H23ClN2OS.